The summed E-state index contributed by atoms with van der Waals surface area (Å²) in [6.07, 6.45) is 1.75. The van der Waals surface area contributed by atoms with Crippen molar-refractivity contribution in [2.45, 2.75) is 13.8 Å². The molecule has 0 aliphatic carbocycles. The predicted molar refractivity (Wildman–Crippen MR) is 74.7 cm³/mol. The highest BCUT2D eigenvalue weighted by molar-refractivity contribution is 9.11. The molecule has 0 atom stereocenters. The molecule has 0 saturated heterocycles. The zero-order valence-electron chi connectivity index (χ0n) is 9.44. The van der Waals surface area contributed by atoms with Gasteiger partial charge in [-0.05, 0) is 48.0 Å². The second kappa shape index (κ2) is 5.37. The molecule has 0 aliphatic heterocycles. The van der Waals surface area contributed by atoms with E-state index >= 15 is 0 Å². The van der Waals surface area contributed by atoms with Crippen LogP contribution in [0.2, 0.25) is 0 Å². The molecule has 0 amide bonds. The second-order valence-electron chi connectivity index (χ2n) is 3.49. The quantitative estimate of drug-likeness (QED) is 0.698. The molecule has 17 heavy (non-hydrogen) atoms. The van der Waals surface area contributed by atoms with Crippen molar-refractivity contribution in [3.8, 4) is 0 Å². The highest BCUT2D eigenvalue weighted by atomic mass is 79.9. The first-order valence-corrected chi connectivity index (χ1v) is 6.61. The van der Waals surface area contributed by atoms with Gasteiger partial charge in [-0.2, -0.15) is 5.10 Å². The largest absolute Gasteiger partial charge is 0.245 e. The third-order valence-corrected chi connectivity index (χ3v) is 3.49. The predicted octanol–water partition coefficient (Wildman–Crippen LogP) is 3.36. The summed E-state index contributed by atoms with van der Waals surface area (Å²) in [7, 11) is 0. The van der Waals surface area contributed by atoms with Gasteiger partial charge in [-0.15, -0.1) is 11.3 Å². The van der Waals surface area contributed by atoms with Crippen LogP contribution in [0.15, 0.2) is 27.1 Å². The maximum Gasteiger partial charge on any atom is 0.243 e. The molecule has 2 aromatic heterocycles. The zero-order valence-corrected chi connectivity index (χ0v) is 11.8. The molecule has 0 radical (unpaired) electrons. The van der Waals surface area contributed by atoms with Crippen molar-refractivity contribution in [2.75, 3.05) is 5.43 Å². The Labute approximate surface area is 112 Å². The minimum Gasteiger partial charge on any atom is -0.245 e. The third-order valence-electron chi connectivity index (χ3n) is 1.93. The summed E-state index contributed by atoms with van der Waals surface area (Å²) in [5.74, 6) is 0.523. The van der Waals surface area contributed by atoms with E-state index in [0.717, 1.165) is 20.1 Å². The van der Waals surface area contributed by atoms with E-state index in [1.807, 2.05) is 32.0 Å². The smallest absolute Gasteiger partial charge is 0.243 e. The summed E-state index contributed by atoms with van der Waals surface area (Å²) in [5.41, 5.74) is 4.67. The van der Waals surface area contributed by atoms with Gasteiger partial charge in [0.15, 0.2) is 0 Å². The molecule has 0 aromatic carbocycles. The standard InChI is InChI=1S/C11H11BrN4S/c1-7-5-8(2)15-11(14-7)16-13-6-9-3-4-10(12)17-9/h3-6H,1-2H3,(H,14,15,16)/b13-6+. The molecule has 2 rings (SSSR count). The average Bonchev–Trinajstić information content (AvgIpc) is 2.63. The fraction of sp³-hybridized carbons (Fsp3) is 0.182. The Bertz CT molecular complexity index is 530. The molecule has 0 fully saturated rings. The maximum atomic E-state index is 4.23. The van der Waals surface area contributed by atoms with Crippen molar-refractivity contribution in [2.24, 2.45) is 5.10 Å². The number of anilines is 1. The summed E-state index contributed by atoms with van der Waals surface area (Å²) >= 11 is 5.02. The first kappa shape index (κ1) is 12.2. The Morgan fingerprint density at radius 2 is 2.00 bits per heavy atom. The van der Waals surface area contributed by atoms with E-state index < -0.39 is 0 Å². The molecule has 0 spiro atoms. The SMILES string of the molecule is Cc1cc(C)nc(N/N=C/c2ccc(Br)s2)n1. The Morgan fingerprint density at radius 3 is 2.59 bits per heavy atom. The van der Waals surface area contributed by atoms with Gasteiger partial charge in [0.05, 0.1) is 10.0 Å². The first-order chi connectivity index (χ1) is 8.13. The van der Waals surface area contributed by atoms with Gasteiger partial charge in [0.2, 0.25) is 5.95 Å². The lowest BCUT2D eigenvalue weighted by Crippen LogP contribution is -1.99. The molecule has 0 saturated carbocycles. The summed E-state index contributed by atoms with van der Waals surface area (Å²) in [6, 6.07) is 5.90. The topological polar surface area (TPSA) is 50.2 Å². The number of nitrogens with zero attached hydrogens (tertiary/aromatic N) is 3. The number of hydrazone groups is 1. The highest BCUT2D eigenvalue weighted by Gasteiger charge is 1.97. The number of aryl methyl sites for hydroxylation is 2. The molecule has 88 valence electrons. The lowest BCUT2D eigenvalue weighted by atomic mass is 10.4. The summed E-state index contributed by atoms with van der Waals surface area (Å²) in [6.45, 7) is 3.86. The van der Waals surface area contributed by atoms with Crippen LogP contribution < -0.4 is 5.43 Å². The van der Waals surface area contributed by atoms with Crippen molar-refractivity contribution in [3.63, 3.8) is 0 Å². The van der Waals surface area contributed by atoms with Crippen LogP contribution in [0, 0.1) is 13.8 Å². The molecule has 0 bridgehead atoms. The van der Waals surface area contributed by atoms with Crippen molar-refractivity contribution >= 4 is 39.4 Å². The third kappa shape index (κ3) is 3.61. The van der Waals surface area contributed by atoms with Crippen LogP contribution in [-0.4, -0.2) is 16.2 Å². The van der Waals surface area contributed by atoms with E-state index in [-0.39, 0.29) is 0 Å². The van der Waals surface area contributed by atoms with Crippen LogP contribution in [-0.2, 0) is 0 Å². The molecule has 0 unspecified atom stereocenters. The van der Waals surface area contributed by atoms with Crippen LogP contribution >= 0.6 is 27.3 Å². The van der Waals surface area contributed by atoms with E-state index in [0.29, 0.717) is 5.95 Å². The first-order valence-electron chi connectivity index (χ1n) is 5.00. The molecule has 1 N–H and O–H groups in total. The Hall–Kier alpha value is -1.27. The van der Waals surface area contributed by atoms with Crippen molar-refractivity contribution in [1.82, 2.24) is 9.97 Å². The van der Waals surface area contributed by atoms with Gasteiger partial charge < -0.3 is 0 Å². The van der Waals surface area contributed by atoms with Crippen LogP contribution in [0.4, 0.5) is 5.95 Å². The normalized spacial score (nSPS) is 11.0. The number of halogens is 1. The van der Waals surface area contributed by atoms with Crippen molar-refractivity contribution in [3.05, 3.63) is 38.3 Å². The minimum absolute atomic E-state index is 0.523. The van der Waals surface area contributed by atoms with Crippen LogP contribution in [0.5, 0.6) is 0 Å². The molecular weight excluding hydrogens is 300 g/mol. The number of hydrogen-bond acceptors (Lipinski definition) is 5. The van der Waals surface area contributed by atoms with Gasteiger partial charge in [0.1, 0.15) is 0 Å². The van der Waals surface area contributed by atoms with Gasteiger partial charge >= 0.3 is 0 Å². The second-order valence-corrected chi connectivity index (χ2v) is 5.98. The molecular formula is C11H11BrN4S. The molecule has 2 heterocycles. The number of thiophene rings is 1. The Kier molecular flexibility index (Phi) is 3.86. The summed E-state index contributed by atoms with van der Waals surface area (Å²) < 4.78 is 1.08. The summed E-state index contributed by atoms with van der Waals surface area (Å²) in [4.78, 5) is 9.52. The molecule has 4 nitrogen and oxygen atoms in total. The monoisotopic (exact) mass is 310 g/mol. The lowest BCUT2D eigenvalue weighted by molar-refractivity contribution is 1.04. The van der Waals surface area contributed by atoms with E-state index in [1.54, 1.807) is 17.6 Å². The molecule has 0 aliphatic rings. The van der Waals surface area contributed by atoms with Crippen LogP contribution in [0.25, 0.3) is 0 Å². The minimum atomic E-state index is 0.523. The average molecular weight is 311 g/mol. The molecule has 2 aromatic rings. The number of hydrogen-bond donors (Lipinski definition) is 1. The van der Waals surface area contributed by atoms with E-state index in [1.165, 1.54) is 0 Å². The van der Waals surface area contributed by atoms with E-state index in [9.17, 15) is 0 Å². The van der Waals surface area contributed by atoms with Gasteiger partial charge in [-0.1, -0.05) is 0 Å². The molecule has 6 heteroatoms. The van der Waals surface area contributed by atoms with E-state index in [2.05, 4.69) is 36.4 Å². The van der Waals surface area contributed by atoms with Gasteiger partial charge in [0.25, 0.3) is 0 Å². The summed E-state index contributed by atoms with van der Waals surface area (Å²) in [5, 5.41) is 4.10. The highest BCUT2D eigenvalue weighted by Crippen LogP contribution is 2.20. The zero-order chi connectivity index (χ0) is 12.3. The van der Waals surface area contributed by atoms with Crippen molar-refractivity contribution in [1.29, 1.82) is 0 Å². The Balaban J connectivity index is 2.04. The fourth-order valence-electron chi connectivity index (χ4n) is 1.33. The number of nitrogens with one attached hydrogen (secondary N) is 1. The maximum absolute atomic E-state index is 4.23. The van der Waals surface area contributed by atoms with Gasteiger partial charge in [-0.25, -0.2) is 15.4 Å². The van der Waals surface area contributed by atoms with Gasteiger partial charge in [0, 0.05) is 16.3 Å². The lowest BCUT2D eigenvalue weighted by Gasteiger charge is -2.00. The van der Waals surface area contributed by atoms with Gasteiger partial charge in [-0.3, -0.25) is 0 Å². The van der Waals surface area contributed by atoms with Crippen LogP contribution in [0.3, 0.4) is 0 Å². The fourth-order valence-corrected chi connectivity index (χ4v) is 2.62. The Morgan fingerprint density at radius 1 is 1.29 bits per heavy atom. The van der Waals surface area contributed by atoms with Crippen LogP contribution in [0.1, 0.15) is 16.3 Å². The van der Waals surface area contributed by atoms with Crippen molar-refractivity contribution < 1.29 is 0 Å². The number of aromatic nitrogens is 2. The van der Waals surface area contributed by atoms with E-state index in [4.69, 9.17) is 0 Å². The number of rotatable bonds is 3.